The highest BCUT2D eigenvalue weighted by Crippen LogP contribution is 2.20. The van der Waals surface area contributed by atoms with Crippen LogP contribution in [0.5, 0.6) is 0 Å². The van der Waals surface area contributed by atoms with E-state index in [0.29, 0.717) is 18.5 Å². The van der Waals surface area contributed by atoms with Gasteiger partial charge >= 0.3 is 0 Å². The van der Waals surface area contributed by atoms with Gasteiger partial charge in [-0.15, -0.1) is 0 Å². The highest BCUT2D eigenvalue weighted by atomic mass is 16.6. The van der Waals surface area contributed by atoms with Crippen molar-refractivity contribution >= 4 is 17.3 Å². The number of nitro benzene ring substituents is 1. The molecule has 1 heterocycles. The number of aliphatic imine (C=N–C) groups is 1. The van der Waals surface area contributed by atoms with E-state index < -0.39 is 0 Å². The average molecular weight is 367 g/mol. The lowest BCUT2D eigenvalue weighted by molar-refractivity contribution is -0.384. The first kappa shape index (κ1) is 18.7. The summed E-state index contributed by atoms with van der Waals surface area (Å²) in [5.74, 6) is 0.706. The maximum Gasteiger partial charge on any atom is 0.269 e. The SMILES string of the molecule is CN=C(NCc1cccc([N+](=O)[O-])c1)NC1CCN(c2ccc(C)cc2)C1. The maximum atomic E-state index is 10.9. The number of benzene rings is 2. The van der Waals surface area contributed by atoms with Crippen LogP contribution in [-0.4, -0.2) is 37.1 Å². The molecule has 1 unspecified atom stereocenters. The molecule has 3 rings (SSSR count). The summed E-state index contributed by atoms with van der Waals surface area (Å²) in [6, 6.07) is 15.5. The molecule has 7 nitrogen and oxygen atoms in total. The Morgan fingerprint density at radius 1 is 1.30 bits per heavy atom. The van der Waals surface area contributed by atoms with Crippen LogP contribution in [0.25, 0.3) is 0 Å². The fourth-order valence-corrected chi connectivity index (χ4v) is 3.22. The number of hydrogen-bond donors (Lipinski definition) is 2. The molecule has 0 saturated carbocycles. The zero-order valence-corrected chi connectivity index (χ0v) is 15.7. The first-order valence-electron chi connectivity index (χ1n) is 9.07. The van der Waals surface area contributed by atoms with Crippen LogP contribution in [0, 0.1) is 17.0 Å². The molecule has 1 aliphatic rings. The van der Waals surface area contributed by atoms with Crippen molar-refractivity contribution in [3.05, 3.63) is 69.8 Å². The molecule has 0 bridgehead atoms. The summed E-state index contributed by atoms with van der Waals surface area (Å²) < 4.78 is 0. The summed E-state index contributed by atoms with van der Waals surface area (Å²) in [5, 5.41) is 17.6. The van der Waals surface area contributed by atoms with Crippen molar-refractivity contribution in [1.82, 2.24) is 10.6 Å². The molecule has 142 valence electrons. The Hall–Kier alpha value is -3.09. The molecule has 0 radical (unpaired) electrons. The number of nitrogens with one attached hydrogen (secondary N) is 2. The van der Waals surface area contributed by atoms with Crippen molar-refractivity contribution in [3.63, 3.8) is 0 Å². The fourth-order valence-electron chi connectivity index (χ4n) is 3.22. The summed E-state index contributed by atoms with van der Waals surface area (Å²) in [7, 11) is 1.73. The zero-order valence-electron chi connectivity index (χ0n) is 15.7. The van der Waals surface area contributed by atoms with E-state index in [1.54, 1.807) is 19.2 Å². The molecule has 2 aromatic carbocycles. The summed E-state index contributed by atoms with van der Waals surface area (Å²) in [4.78, 5) is 17.1. The van der Waals surface area contributed by atoms with Crippen molar-refractivity contribution in [3.8, 4) is 0 Å². The van der Waals surface area contributed by atoms with Gasteiger partial charge in [-0.25, -0.2) is 0 Å². The average Bonchev–Trinajstić information content (AvgIpc) is 3.14. The minimum Gasteiger partial charge on any atom is -0.369 e. The summed E-state index contributed by atoms with van der Waals surface area (Å²) in [5.41, 5.74) is 3.45. The van der Waals surface area contributed by atoms with Crippen LogP contribution in [0.15, 0.2) is 53.5 Å². The van der Waals surface area contributed by atoms with E-state index in [4.69, 9.17) is 0 Å². The van der Waals surface area contributed by atoms with E-state index in [2.05, 4.69) is 51.7 Å². The Morgan fingerprint density at radius 3 is 2.78 bits per heavy atom. The third-order valence-electron chi connectivity index (χ3n) is 4.73. The predicted octanol–water partition coefficient (Wildman–Crippen LogP) is 2.85. The number of rotatable bonds is 5. The molecule has 2 N–H and O–H groups in total. The fraction of sp³-hybridized carbons (Fsp3) is 0.350. The lowest BCUT2D eigenvalue weighted by Crippen LogP contribution is -2.44. The molecular formula is C20H25N5O2. The Labute approximate surface area is 159 Å². The van der Waals surface area contributed by atoms with E-state index in [9.17, 15) is 10.1 Å². The van der Waals surface area contributed by atoms with Gasteiger partial charge in [0.2, 0.25) is 0 Å². The quantitative estimate of drug-likeness (QED) is 0.367. The molecule has 0 spiro atoms. The molecule has 27 heavy (non-hydrogen) atoms. The molecule has 1 fully saturated rings. The van der Waals surface area contributed by atoms with Gasteiger partial charge in [0.05, 0.1) is 4.92 Å². The van der Waals surface area contributed by atoms with Gasteiger partial charge in [0, 0.05) is 50.5 Å². The Kier molecular flexibility index (Phi) is 5.90. The number of non-ortho nitro benzene ring substituents is 1. The summed E-state index contributed by atoms with van der Waals surface area (Å²) in [6.07, 6.45) is 1.03. The van der Waals surface area contributed by atoms with Crippen molar-refractivity contribution in [2.75, 3.05) is 25.0 Å². The Bertz CT molecular complexity index is 819. The van der Waals surface area contributed by atoms with Gasteiger partial charge in [-0.2, -0.15) is 0 Å². The van der Waals surface area contributed by atoms with Crippen molar-refractivity contribution < 1.29 is 4.92 Å². The van der Waals surface area contributed by atoms with E-state index >= 15 is 0 Å². The van der Waals surface area contributed by atoms with Gasteiger partial charge in [-0.3, -0.25) is 15.1 Å². The molecule has 1 saturated heterocycles. The highest BCUT2D eigenvalue weighted by Gasteiger charge is 2.23. The van der Waals surface area contributed by atoms with E-state index in [1.807, 2.05) is 6.07 Å². The largest absolute Gasteiger partial charge is 0.369 e. The maximum absolute atomic E-state index is 10.9. The predicted molar refractivity (Wildman–Crippen MR) is 108 cm³/mol. The molecule has 7 heteroatoms. The third-order valence-corrected chi connectivity index (χ3v) is 4.73. The molecule has 1 atom stereocenters. The van der Waals surface area contributed by atoms with E-state index in [1.165, 1.54) is 17.3 Å². The number of hydrogen-bond acceptors (Lipinski definition) is 4. The van der Waals surface area contributed by atoms with Crippen LogP contribution >= 0.6 is 0 Å². The lowest BCUT2D eigenvalue weighted by atomic mass is 10.2. The summed E-state index contributed by atoms with van der Waals surface area (Å²) in [6.45, 7) is 4.49. The molecule has 2 aromatic rings. The van der Waals surface area contributed by atoms with Gasteiger partial charge in [-0.05, 0) is 31.0 Å². The van der Waals surface area contributed by atoms with Crippen molar-refractivity contribution in [1.29, 1.82) is 0 Å². The normalized spacial score (nSPS) is 17.0. The second-order valence-corrected chi connectivity index (χ2v) is 6.76. The van der Waals surface area contributed by atoms with Crippen LogP contribution in [0.1, 0.15) is 17.5 Å². The van der Waals surface area contributed by atoms with Crippen LogP contribution in [0.2, 0.25) is 0 Å². The Balaban J connectivity index is 1.53. The van der Waals surface area contributed by atoms with Gasteiger partial charge < -0.3 is 15.5 Å². The molecule has 0 amide bonds. The van der Waals surface area contributed by atoms with Gasteiger partial charge in [0.15, 0.2) is 5.96 Å². The van der Waals surface area contributed by atoms with Crippen LogP contribution in [0.3, 0.4) is 0 Å². The monoisotopic (exact) mass is 367 g/mol. The van der Waals surface area contributed by atoms with Crippen molar-refractivity contribution in [2.45, 2.75) is 25.9 Å². The Morgan fingerprint density at radius 2 is 2.07 bits per heavy atom. The minimum absolute atomic E-state index is 0.0989. The standard InChI is InChI=1S/C20H25N5O2/c1-15-6-8-18(9-7-15)24-11-10-17(14-24)23-20(21-2)22-13-16-4-3-5-19(12-16)25(26)27/h3-9,12,17H,10-11,13-14H2,1-2H3,(H2,21,22,23). The number of anilines is 1. The van der Waals surface area contributed by atoms with E-state index in [-0.39, 0.29) is 10.6 Å². The molecule has 0 aliphatic carbocycles. The lowest BCUT2D eigenvalue weighted by Gasteiger charge is -2.20. The van der Waals surface area contributed by atoms with E-state index in [0.717, 1.165) is 25.1 Å². The second-order valence-electron chi connectivity index (χ2n) is 6.76. The molecule has 1 aliphatic heterocycles. The zero-order chi connectivity index (χ0) is 19.2. The van der Waals surface area contributed by atoms with Gasteiger partial charge in [-0.1, -0.05) is 29.8 Å². The topological polar surface area (TPSA) is 82.8 Å². The second kappa shape index (κ2) is 8.53. The summed E-state index contributed by atoms with van der Waals surface area (Å²) >= 11 is 0. The highest BCUT2D eigenvalue weighted by molar-refractivity contribution is 5.80. The first-order valence-corrected chi connectivity index (χ1v) is 9.07. The van der Waals surface area contributed by atoms with Crippen LogP contribution in [-0.2, 0) is 6.54 Å². The van der Waals surface area contributed by atoms with Gasteiger partial charge in [0.25, 0.3) is 5.69 Å². The third kappa shape index (κ3) is 4.97. The smallest absolute Gasteiger partial charge is 0.269 e. The molecule has 0 aromatic heterocycles. The number of nitro groups is 1. The number of aryl methyl sites for hydroxylation is 1. The van der Waals surface area contributed by atoms with Gasteiger partial charge in [0.1, 0.15) is 0 Å². The van der Waals surface area contributed by atoms with Crippen LogP contribution < -0.4 is 15.5 Å². The first-order chi connectivity index (χ1) is 13.0. The molecular weight excluding hydrogens is 342 g/mol. The van der Waals surface area contributed by atoms with Crippen LogP contribution in [0.4, 0.5) is 11.4 Å². The van der Waals surface area contributed by atoms with Crippen molar-refractivity contribution in [2.24, 2.45) is 4.99 Å². The number of guanidine groups is 1. The minimum atomic E-state index is -0.380. The number of nitrogens with zero attached hydrogens (tertiary/aromatic N) is 3.